The standard InChI is InChI=1S/C20H17N3O2S/c24-19(22-20-21-9-11-26-20)13-23-10-8-16-6-7-17(12-18(16)23)25-14-15-4-2-1-3-5-15/h1-12H,13-14H2,(H,21,22,24). The zero-order valence-corrected chi connectivity index (χ0v) is 14.8. The van der Waals surface area contributed by atoms with Crippen LogP contribution >= 0.6 is 11.3 Å². The van der Waals surface area contributed by atoms with Gasteiger partial charge in [-0.25, -0.2) is 4.98 Å². The number of amides is 1. The Balaban J connectivity index is 1.48. The van der Waals surface area contributed by atoms with E-state index in [1.165, 1.54) is 11.3 Å². The lowest BCUT2D eigenvalue weighted by molar-refractivity contribution is -0.116. The van der Waals surface area contributed by atoms with Crippen molar-refractivity contribution in [3.8, 4) is 5.75 Å². The number of benzene rings is 2. The van der Waals surface area contributed by atoms with Gasteiger partial charge in [-0.1, -0.05) is 30.3 Å². The molecule has 2 aromatic heterocycles. The molecular formula is C20H17N3O2S. The number of hydrogen-bond acceptors (Lipinski definition) is 4. The molecule has 5 nitrogen and oxygen atoms in total. The monoisotopic (exact) mass is 363 g/mol. The SMILES string of the molecule is O=C(Cn1ccc2ccc(OCc3ccccc3)cc21)Nc1nccs1. The van der Waals surface area contributed by atoms with Crippen molar-refractivity contribution >= 4 is 33.3 Å². The number of carbonyl (C=O) groups excluding carboxylic acids is 1. The lowest BCUT2D eigenvalue weighted by Crippen LogP contribution is -2.18. The highest BCUT2D eigenvalue weighted by molar-refractivity contribution is 7.13. The van der Waals surface area contributed by atoms with E-state index in [9.17, 15) is 4.79 Å². The van der Waals surface area contributed by atoms with E-state index in [0.29, 0.717) is 11.7 Å². The Morgan fingerprint density at radius 1 is 1.15 bits per heavy atom. The van der Waals surface area contributed by atoms with Crippen LogP contribution in [0.4, 0.5) is 5.13 Å². The van der Waals surface area contributed by atoms with Crippen LogP contribution in [-0.2, 0) is 17.9 Å². The Morgan fingerprint density at radius 2 is 2.04 bits per heavy atom. The van der Waals surface area contributed by atoms with Gasteiger partial charge in [0.05, 0.1) is 5.52 Å². The molecule has 0 aliphatic carbocycles. The molecule has 6 heteroatoms. The second kappa shape index (κ2) is 7.41. The van der Waals surface area contributed by atoms with Gasteiger partial charge in [-0.2, -0.15) is 0 Å². The topological polar surface area (TPSA) is 56.1 Å². The molecule has 26 heavy (non-hydrogen) atoms. The van der Waals surface area contributed by atoms with Gasteiger partial charge in [-0.3, -0.25) is 4.79 Å². The summed E-state index contributed by atoms with van der Waals surface area (Å²) >= 11 is 1.40. The minimum absolute atomic E-state index is 0.104. The molecule has 1 N–H and O–H groups in total. The smallest absolute Gasteiger partial charge is 0.246 e. The van der Waals surface area contributed by atoms with Gasteiger partial charge in [-0.15, -0.1) is 11.3 Å². The summed E-state index contributed by atoms with van der Waals surface area (Å²) < 4.78 is 7.80. The van der Waals surface area contributed by atoms with E-state index in [-0.39, 0.29) is 12.5 Å². The zero-order valence-electron chi connectivity index (χ0n) is 14.0. The number of nitrogens with zero attached hydrogens (tertiary/aromatic N) is 2. The van der Waals surface area contributed by atoms with E-state index in [1.807, 2.05) is 70.7 Å². The zero-order chi connectivity index (χ0) is 17.8. The maximum atomic E-state index is 12.2. The molecule has 4 aromatic rings. The molecule has 2 aromatic carbocycles. The van der Waals surface area contributed by atoms with Gasteiger partial charge >= 0.3 is 0 Å². The highest BCUT2D eigenvalue weighted by Gasteiger charge is 2.09. The van der Waals surface area contributed by atoms with Crippen LogP contribution in [0.1, 0.15) is 5.56 Å². The maximum Gasteiger partial charge on any atom is 0.246 e. The lowest BCUT2D eigenvalue weighted by atomic mass is 10.2. The van der Waals surface area contributed by atoms with Crippen LogP contribution in [0.2, 0.25) is 0 Å². The highest BCUT2D eigenvalue weighted by Crippen LogP contribution is 2.23. The number of carbonyl (C=O) groups is 1. The van der Waals surface area contributed by atoms with Crippen LogP contribution in [0.5, 0.6) is 5.75 Å². The molecule has 1 amide bonds. The van der Waals surface area contributed by atoms with Gasteiger partial charge in [0.25, 0.3) is 0 Å². The second-order valence-corrected chi connectivity index (χ2v) is 6.72. The summed E-state index contributed by atoms with van der Waals surface area (Å²) in [6.07, 6.45) is 3.58. The first kappa shape index (κ1) is 16.4. The molecule has 0 fully saturated rings. The van der Waals surface area contributed by atoms with E-state index in [1.54, 1.807) is 6.20 Å². The molecule has 0 radical (unpaired) electrons. The summed E-state index contributed by atoms with van der Waals surface area (Å²) in [6.45, 7) is 0.739. The second-order valence-electron chi connectivity index (χ2n) is 5.82. The third-order valence-electron chi connectivity index (χ3n) is 3.99. The number of anilines is 1. The first-order chi connectivity index (χ1) is 12.8. The highest BCUT2D eigenvalue weighted by atomic mass is 32.1. The maximum absolute atomic E-state index is 12.2. The molecule has 0 aliphatic heterocycles. The van der Waals surface area contributed by atoms with Crippen molar-refractivity contribution < 1.29 is 9.53 Å². The lowest BCUT2D eigenvalue weighted by Gasteiger charge is -2.09. The molecule has 0 atom stereocenters. The quantitative estimate of drug-likeness (QED) is 0.555. The minimum atomic E-state index is -0.104. The predicted molar refractivity (Wildman–Crippen MR) is 103 cm³/mol. The third kappa shape index (κ3) is 3.75. The first-order valence-electron chi connectivity index (χ1n) is 8.23. The number of fused-ring (bicyclic) bond motifs is 1. The van der Waals surface area contributed by atoms with Gasteiger partial charge in [0.15, 0.2) is 5.13 Å². The summed E-state index contributed by atoms with van der Waals surface area (Å²) in [7, 11) is 0. The van der Waals surface area contributed by atoms with Crippen LogP contribution in [0, 0.1) is 0 Å². The Morgan fingerprint density at radius 3 is 2.85 bits per heavy atom. The van der Waals surface area contributed by atoms with E-state index in [2.05, 4.69) is 10.3 Å². The van der Waals surface area contributed by atoms with Crippen LogP contribution in [0.15, 0.2) is 72.4 Å². The fourth-order valence-electron chi connectivity index (χ4n) is 2.73. The molecule has 130 valence electrons. The van der Waals surface area contributed by atoms with Gasteiger partial charge in [0.2, 0.25) is 5.91 Å². The Kier molecular flexibility index (Phi) is 4.66. The van der Waals surface area contributed by atoms with Gasteiger partial charge in [0.1, 0.15) is 18.9 Å². The third-order valence-corrected chi connectivity index (χ3v) is 4.67. The average molecular weight is 363 g/mol. The summed E-state index contributed by atoms with van der Waals surface area (Å²) in [5, 5.41) is 6.31. The number of nitrogens with one attached hydrogen (secondary N) is 1. The summed E-state index contributed by atoms with van der Waals surface area (Å²) in [6, 6.07) is 18.0. The number of ether oxygens (including phenoxy) is 1. The van der Waals surface area contributed by atoms with E-state index in [0.717, 1.165) is 22.2 Å². The molecule has 2 heterocycles. The molecule has 0 aliphatic rings. The summed E-state index contributed by atoms with van der Waals surface area (Å²) in [5.74, 6) is 0.676. The van der Waals surface area contributed by atoms with Crippen LogP contribution in [0.3, 0.4) is 0 Å². The summed E-state index contributed by atoms with van der Waals surface area (Å²) in [4.78, 5) is 16.3. The molecule has 4 rings (SSSR count). The predicted octanol–water partition coefficient (Wildman–Crippen LogP) is 4.32. The van der Waals surface area contributed by atoms with Crippen molar-refractivity contribution in [3.63, 3.8) is 0 Å². The number of aromatic nitrogens is 2. The van der Waals surface area contributed by atoms with Crippen molar-refractivity contribution in [3.05, 3.63) is 77.9 Å². The average Bonchev–Trinajstić information content (AvgIpc) is 3.31. The molecular weight excluding hydrogens is 346 g/mol. The normalized spacial score (nSPS) is 10.8. The van der Waals surface area contributed by atoms with Crippen molar-refractivity contribution in [1.82, 2.24) is 9.55 Å². The van der Waals surface area contributed by atoms with Crippen molar-refractivity contribution in [2.45, 2.75) is 13.2 Å². The molecule has 0 saturated carbocycles. The fourth-order valence-corrected chi connectivity index (χ4v) is 3.28. The van der Waals surface area contributed by atoms with Crippen molar-refractivity contribution in [1.29, 1.82) is 0 Å². The number of rotatable bonds is 6. The van der Waals surface area contributed by atoms with Crippen molar-refractivity contribution in [2.24, 2.45) is 0 Å². The van der Waals surface area contributed by atoms with E-state index in [4.69, 9.17) is 4.74 Å². The first-order valence-corrected chi connectivity index (χ1v) is 9.11. The molecule has 0 spiro atoms. The van der Waals surface area contributed by atoms with E-state index >= 15 is 0 Å². The van der Waals surface area contributed by atoms with Crippen LogP contribution in [0.25, 0.3) is 10.9 Å². The molecule has 0 bridgehead atoms. The summed E-state index contributed by atoms with van der Waals surface area (Å²) in [5.41, 5.74) is 2.08. The van der Waals surface area contributed by atoms with Gasteiger partial charge in [-0.05, 0) is 29.1 Å². The Bertz CT molecular complexity index is 1010. The van der Waals surface area contributed by atoms with Crippen LogP contribution in [-0.4, -0.2) is 15.5 Å². The Hall–Kier alpha value is -3.12. The van der Waals surface area contributed by atoms with Gasteiger partial charge < -0.3 is 14.6 Å². The molecule has 0 saturated heterocycles. The number of thiazole rings is 1. The van der Waals surface area contributed by atoms with Crippen LogP contribution < -0.4 is 10.1 Å². The molecule has 0 unspecified atom stereocenters. The largest absolute Gasteiger partial charge is 0.489 e. The Labute approximate surface area is 154 Å². The van der Waals surface area contributed by atoms with Gasteiger partial charge in [0, 0.05) is 23.8 Å². The minimum Gasteiger partial charge on any atom is -0.489 e. The number of hydrogen-bond donors (Lipinski definition) is 1. The fraction of sp³-hybridized carbons (Fsp3) is 0.100. The van der Waals surface area contributed by atoms with E-state index < -0.39 is 0 Å². The van der Waals surface area contributed by atoms with Crippen molar-refractivity contribution in [2.75, 3.05) is 5.32 Å².